The molecule has 0 radical (unpaired) electrons. The molecule has 4 fully saturated rings. The van der Waals surface area contributed by atoms with Gasteiger partial charge in [0.2, 0.25) is 0 Å². The molecule has 20 heavy (non-hydrogen) atoms. The monoisotopic (exact) mass is 276 g/mol. The van der Waals surface area contributed by atoms with Crippen molar-refractivity contribution in [3.8, 4) is 0 Å². The third kappa shape index (κ3) is 1.68. The highest BCUT2D eigenvalue weighted by Gasteiger charge is 2.55. The molecule has 0 saturated heterocycles. The zero-order valence-corrected chi connectivity index (χ0v) is 11.4. The lowest BCUT2D eigenvalue weighted by Crippen LogP contribution is -2.50. The van der Waals surface area contributed by atoms with Crippen LogP contribution in [0.2, 0.25) is 0 Å². The quantitative estimate of drug-likeness (QED) is 0.733. The Morgan fingerprint density at radius 1 is 0.950 bits per heavy atom. The molecule has 1 nitrogen and oxygen atoms in total. The topological polar surface area (TPSA) is 17.1 Å². The van der Waals surface area contributed by atoms with Crippen LogP contribution in [0.1, 0.15) is 48.9 Å². The first-order valence-corrected chi connectivity index (χ1v) is 7.56. The Labute approximate surface area is 117 Å². The van der Waals surface area contributed by atoms with Crippen LogP contribution in [0.15, 0.2) is 18.2 Å². The average molecular weight is 276 g/mol. The third-order valence-corrected chi connectivity index (χ3v) is 5.71. The van der Waals surface area contributed by atoms with Crippen molar-refractivity contribution in [1.29, 1.82) is 0 Å². The maximum absolute atomic E-state index is 13.9. The SMILES string of the molecule is O=C(c1c(F)cccc1F)C12CC3CC(CC(C3)C1)C2. The molecular formula is C17H18F2O. The molecule has 4 aliphatic carbocycles. The first-order valence-electron chi connectivity index (χ1n) is 7.56. The van der Waals surface area contributed by atoms with E-state index in [-0.39, 0.29) is 11.3 Å². The lowest BCUT2D eigenvalue weighted by molar-refractivity contribution is -0.0357. The molecule has 5 rings (SSSR count). The number of rotatable bonds is 2. The molecule has 1 aromatic rings. The van der Waals surface area contributed by atoms with Gasteiger partial charge in [-0.2, -0.15) is 0 Å². The van der Waals surface area contributed by atoms with Gasteiger partial charge >= 0.3 is 0 Å². The van der Waals surface area contributed by atoms with E-state index < -0.39 is 17.0 Å². The average Bonchev–Trinajstić information content (AvgIpc) is 2.36. The van der Waals surface area contributed by atoms with Crippen LogP contribution in [0.5, 0.6) is 0 Å². The van der Waals surface area contributed by atoms with Crippen LogP contribution in [0.4, 0.5) is 8.78 Å². The molecule has 0 atom stereocenters. The summed E-state index contributed by atoms with van der Waals surface area (Å²) in [6.07, 6.45) is 6.16. The largest absolute Gasteiger partial charge is 0.293 e. The first kappa shape index (κ1) is 12.5. The van der Waals surface area contributed by atoms with Crippen molar-refractivity contribution in [1.82, 2.24) is 0 Å². The summed E-state index contributed by atoms with van der Waals surface area (Å²) >= 11 is 0. The molecule has 4 saturated carbocycles. The minimum absolute atomic E-state index is 0.271. The highest BCUT2D eigenvalue weighted by molar-refractivity contribution is 6.01. The van der Waals surface area contributed by atoms with Crippen LogP contribution >= 0.6 is 0 Å². The van der Waals surface area contributed by atoms with Crippen molar-refractivity contribution in [3.63, 3.8) is 0 Å². The summed E-state index contributed by atoms with van der Waals surface area (Å²) in [7, 11) is 0. The predicted octanol–water partition coefficient (Wildman–Crippen LogP) is 4.36. The van der Waals surface area contributed by atoms with Gasteiger partial charge in [-0.15, -0.1) is 0 Å². The fourth-order valence-corrected chi connectivity index (χ4v) is 5.37. The predicted molar refractivity (Wildman–Crippen MR) is 71.3 cm³/mol. The molecule has 1 aromatic carbocycles. The Hall–Kier alpha value is -1.25. The number of hydrogen-bond donors (Lipinski definition) is 0. The van der Waals surface area contributed by atoms with Crippen LogP contribution in [-0.4, -0.2) is 5.78 Å². The van der Waals surface area contributed by atoms with Crippen molar-refractivity contribution < 1.29 is 13.6 Å². The molecule has 4 aliphatic rings. The molecule has 0 aromatic heterocycles. The maximum atomic E-state index is 13.9. The number of hydrogen-bond acceptors (Lipinski definition) is 1. The summed E-state index contributed by atoms with van der Waals surface area (Å²) in [6.45, 7) is 0. The van der Waals surface area contributed by atoms with Crippen molar-refractivity contribution in [2.24, 2.45) is 23.2 Å². The van der Waals surface area contributed by atoms with Gasteiger partial charge in [0.1, 0.15) is 11.6 Å². The van der Waals surface area contributed by atoms with Crippen molar-refractivity contribution >= 4 is 5.78 Å². The lowest BCUT2D eigenvalue weighted by atomic mass is 9.48. The zero-order chi connectivity index (χ0) is 13.9. The van der Waals surface area contributed by atoms with E-state index in [1.54, 1.807) is 0 Å². The molecule has 0 amide bonds. The van der Waals surface area contributed by atoms with Crippen molar-refractivity contribution in [2.75, 3.05) is 0 Å². The Bertz CT molecular complexity index is 523. The highest BCUT2D eigenvalue weighted by Crippen LogP contribution is 2.61. The van der Waals surface area contributed by atoms with Gasteiger partial charge < -0.3 is 0 Å². The van der Waals surface area contributed by atoms with E-state index >= 15 is 0 Å². The van der Waals surface area contributed by atoms with Gasteiger partial charge in [-0.25, -0.2) is 8.78 Å². The number of ketones is 1. The lowest BCUT2D eigenvalue weighted by Gasteiger charge is -2.55. The van der Waals surface area contributed by atoms with Crippen molar-refractivity contribution in [2.45, 2.75) is 38.5 Å². The second-order valence-corrected chi connectivity index (χ2v) is 7.12. The fraction of sp³-hybridized carbons (Fsp3) is 0.588. The zero-order valence-electron chi connectivity index (χ0n) is 11.4. The summed E-state index contributed by atoms with van der Waals surface area (Å²) in [5.74, 6) is 0.115. The maximum Gasteiger partial charge on any atom is 0.174 e. The van der Waals surface area contributed by atoms with E-state index in [0.29, 0.717) is 17.8 Å². The van der Waals surface area contributed by atoms with Gasteiger partial charge in [0.25, 0.3) is 0 Å². The van der Waals surface area contributed by atoms with E-state index in [4.69, 9.17) is 0 Å². The number of halogens is 2. The van der Waals surface area contributed by atoms with Gasteiger partial charge in [-0.3, -0.25) is 4.79 Å². The van der Waals surface area contributed by atoms with E-state index in [9.17, 15) is 13.6 Å². The minimum atomic E-state index is -0.703. The van der Waals surface area contributed by atoms with Crippen LogP contribution in [0.25, 0.3) is 0 Å². The summed E-state index contributed by atoms with van der Waals surface area (Å²) < 4.78 is 27.8. The number of carbonyl (C=O) groups is 1. The molecule has 0 spiro atoms. The smallest absolute Gasteiger partial charge is 0.174 e. The van der Waals surface area contributed by atoms with Crippen LogP contribution in [0.3, 0.4) is 0 Å². The number of benzene rings is 1. The van der Waals surface area contributed by atoms with E-state index in [2.05, 4.69) is 0 Å². The van der Waals surface area contributed by atoms with E-state index in [0.717, 1.165) is 19.3 Å². The molecule has 3 heteroatoms. The second kappa shape index (κ2) is 4.12. The van der Waals surface area contributed by atoms with Crippen molar-refractivity contribution in [3.05, 3.63) is 35.4 Å². The molecule has 0 heterocycles. The van der Waals surface area contributed by atoms with Gasteiger partial charge in [-0.1, -0.05) is 6.07 Å². The van der Waals surface area contributed by atoms with Gasteiger partial charge in [0, 0.05) is 5.41 Å². The third-order valence-electron chi connectivity index (χ3n) is 5.71. The van der Waals surface area contributed by atoms with Crippen LogP contribution in [-0.2, 0) is 0 Å². The molecular weight excluding hydrogens is 258 g/mol. The van der Waals surface area contributed by atoms with Crippen LogP contribution in [0, 0.1) is 34.8 Å². The van der Waals surface area contributed by atoms with Gasteiger partial charge in [0.15, 0.2) is 5.78 Å². The van der Waals surface area contributed by atoms with E-state index in [1.165, 1.54) is 37.5 Å². The fourth-order valence-electron chi connectivity index (χ4n) is 5.37. The summed E-state index contributed by atoms with van der Waals surface area (Å²) in [4.78, 5) is 12.9. The molecule has 0 aliphatic heterocycles. The number of Topliss-reactive ketones (excluding diaryl/α,β-unsaturated/α-hetero) is 1. The normalized spacial score (nSPS) is 38.2. The van der Waals surface area contributed by atoms with Crippen LogP contribution < -0.4 is 0 Å². The highest BCUT2D eigenvalue weighted by atomic mass is 19.1. The molecule has 0 unspecified atom stereocenters. The number of carbonyl (C=O) groups excluding carboxylic acids is 1. The Kier molecular flexibility index (Phi) is 2.57. The summed E-state index contributed by atoms with van der Waals surface area (Å²) in [5.41, 5.74) is -0.771. The summed E-state index contributed by atoms with van der Waals surface area (Å²) in [6, 6.07) is 3.70. The van der Waals surface area contributed by atoms with Gasteiger partial charge in [0.05, 0.1) is 5.56 Å². The minimum Gasteiger partial charge on any atom is -0.293 e. The molecule has 106 valence electrons. The standard InChI is InChI=1S/C17H18F2O/c18-13-2-1-3-14(19)15(13)16(20)17-7-10-4-11(8-17)6-12(5-10)9-17/h1-3,10-12H,4-9H2. The Morgan fingerprint density at radius 3 is 1.85 bits per heavy atom. The summed E-state index contributed by atoms with van der Waals surface area (Å²) in [5, 5.41) is 0. The molecule has 4 bridgehead atoms. The Balaban J connectivity index is 1.75. The molecule has 0 N–H and O–H groups in total. The van der Waals surface area contributed by atoms with Gasteiger partial charge in [-0.05, 0) is 68.4 Å². The second-order valence-electron chi connectivity index (χ2n) is 7.12. The van der Waals surface area contributed by atoms with E-state index in [1.807, 2.05) is 0 Å². The first-order chi connectivity index (χ1) is 9.57. The Morgan fingerprint density at radius 2 is 1.40 bits per heavy atom.